The molecule has 0 saturated heterocycles. The van der Waals surface area contributed by atoms with Crippen molar-refractivity contribution in [2.24, 2.45) is 0 Å². The highest BCUT2D eigenvalue weighted by atomic mass is 32.2. The molecule has 0 saturated carbocycles. The number of nitrogens with one attached hydrogen (secondary N) is 1. The van der Waals surface area contributed by atoms with Crippen LogP contribution in [0.25, 0.3) is 33.2 Å². The summed E-state index contributed by atoms with van der Waals surface area (Å²) >= 11 is 1.30. The van der Waals surface area contributed by atoms with E-state index in [1.165, 1.54) is 11.3 Å². The summed E-state index contributed by atoms with van der Waals surface area (Å²) in [6.07, 6.45) is 0. The van der Waals surface area contributed by atoms with Crippen molar-refractivity contribution < 1.29 is 13.2 Å². The Morgan fingerprint density at radius 3 is 2.29 bits per heavy atom. The molecule has 8 heteroatoms. The smallest absolute Gasteiger partial charge is 0.265 e. The van der Waals surface area contributed by atoms with E-state index in [1.807, 2.05) is 60.0 Å². The van der Waals surface area contributed by atoms with Crippen LogP contribution < -0.4 is 9.62 Å². The van der Waals surface area contributed by atoms with Gasteiger partial charge in [-0.3, -0.25) is 9.10 Å². The van der Waals surface area contributed by atoms with Crippen molar-refractivity contribution in [3.8, 4) is 22.4 Å². The summed E-state index contributed by atoms with van der Waals surface area (Å²) < 4.78 is 27.4. The molecular weight excluding hydrogens is 478 g/mol. The van der Waals surface area contributed by atoms with Gasteiger partial charge in [0.2, 0.25) is 5.91 Å². The van der Waals surface area contributed by atoms with Crippen molar-refractivity contribution in [2.75, 3.05) is 16.2 Å². The van der Waals surface area contributed by atoms with Crippen LogP contribution in [0.15, 0.2) is 101 Å². The second-order valence-corrected chi connectivity index (χ2v) is 10.9. The molecule has 0 atom stereocenters. The van der Waals surface area contributed by atoms with E-state index in [4.69, 9.17) is 0 Å². The third-order valence-corrected chi connectivity index (χ3v) is 8.57. The number of aromatic nitrogens is 1. The zero-order chi connectivity index (χ0) is 24.0. The quantitative estimate of drug-likeness (QED) is 0.334. The van der Waals surface area contributed by atoms with Crippen LogP contribution in [0.5, 0.6) is 0 Å². The van der Waals surface area contributed by atoms with Gasteiger partial charge in [-0.15, -0.1) is 11.3 Å². The standard InChI is InChI=1S/C27H19N3O3S2/c31-25(16-30-23-10-4-8-21-9-5-11-24(26(21)23)35(30,32)33)29-27-28-22(17-34-27)20-14-12-19(13-15-20)18-6-2-1-3-7-18/h1-15,17H,16H2,(H,28,29,31). The molecule has 172 valence electrons. The van der Waals surface area contributed by atoms with Gasteiger partial charge in [0, 0.05) is 16.3 Å². The Balaban J connectivity index is 1.19. The second kappa shape index (κ2) is 8.33. The molecule has 0 spiro atoms. The van der Waals surface area contributed by atoms with Gasteiger partial charge in [-0.25, -0.2) is 13.4 Å². The van der Waals surface area contributed by atoms with Gasteiger partial charge in [-0.1, -0.05) is 78.9 Å². The first-order valence-corrected chi connectivity index (χ1v) is 13.3. The first-order chi connectivity index (χ1) is 17.0. The van der Waals surface area contributed by atoms with Crippen LogP contribution in [-0.4, -0.2) is 25.9 Å². The minimum Gasteiger partial charge on any atom is -0.300 e. The second-order valence-electron chi connectivity index (χ2n) is 8.17. The molecular formula is C27H19N3O3S2. The van der Waals surface area contributed by atoms with E-state index in [0.717, 1.165) is 32.1 Å². The molecule has 1 amide bonds. The normalized spacial score (nSPS) is 13.8. The van der Waals surface area contributed by atoms with Crippen LogP contribution in [0.2, 0.25) is 0 Å². The molecule has 5 aromatic rings. The summed E-state index contributed by atoms with van der Waals surface area (Å²) in [7, 11) is -3.80. The summed E-state index contributed by atoms with van der Waals surface area (Å²) in [6.45, 7) is -0.323. The monoisotopic (exact) mass is 497 g/mol. The van der Waals surface area contributed by atoms with Crippen LogP contribution in [0.4, 0.5) is 10.8 Å². The predicted octanol–water partition coefficient (Wildman–Crippen LogP) is 5.78. The summed E-state index contributed by atoms with van der Waals surface area (Å²) in [4.78, 5) is 17.6. The summed E-state index contributed by atoms with van der Waals surface area (Å²) in [5.41, 5.74) is 4.45. The van der Waals surface area contributed by atoms with Crippen molar-refractivity contribution in [3.05, 3.63) is 96.4 Å². The number of amides is 1. The van der Waals surface area contributed by atoms with Gasteiger partial charge in [-0.2, -0.15) is 0 Å². The number of sulfonamides is 1. The fourth-order valence-corrected chi connectivity index (χ4v) is 6.75. The molecule has 35 heavy (non-hydrogen) atoms. The predicted molar refractivity (Wildman–Crippen MR) is 140 cm³/mol. The van der Waals surface area contributed by atoms with Gasteiger partial charge >= 0.3 is 0 Å². The maximum atomic E-state index is 13.1. The van der Waals surface area contributed by atoms with Gasteiger partial charge in [-0.05, 0) is 28.6 Å². The summed E-state index contributed by atoms with van der Waals surface area (Å²) in [5, 5.41) is 6.53. The molecule has 1 N–H and O–H groups in total. The summed E-state index contributed by atoms with van der Waals surface area (Å²) in [6, 6.07) is 28.7. The molecule has 2 heterocycles. The number of carbonyl (C=O) groups excluding carboxylic acids is 1. The molecule has 6 nitrogen and oxygen atoms in total. The lowest BCUT2D eigenvalue weighted by molar-refractivity contribution is -0.114. The average Bonchev–Trinajstić information content (AvgIpc) is 3.43. The summed E-state index contributed by atoms with van der Waals surface area (Å²) in [5.74, 6) is -0.446. The van der Waals surface area contributed by atoms with E-state index in [1.54, 1.807) is 24.3 Å². The van der Waals surface area contributed by atoms with E-state index in [-0.39, 0.29) is 11.4 Å². The molecule has 0 fully saturated rings. The zero-order valence-electron chi connectivity index (χ0n) is 18.4. The van der Waals surface area contributed by atoms with E-state index in [0.29, 0.717) is 16.2 Å². The Morgan fingerprint density at radius 1 is 0.829 bits per heavy atom. The lowest BCUT2D eigenvalue weighted by Gasteiger charge is -2.17. The zero-order valence-corrected chi connectivity index (χ0v) is 20.0. The van der Waals surface area contributed by atoms with Crippen molar-refractivity contribution in [3.63, 3.8) is 0 Å². The van der Waals surface area contributed by atoms with Crippen LogP contribution in [0.3, 0.4) is 0 Å². The minimum atomic E-state index is -3.80. The van der Waals surface area contributed by atoms with Crippen molar-refractivity contribution in [1.29, 1.82) is 0 Å². The molecule has 1 aliphatic heterocycles. The minimum absolute atomic E-state index is 0.230. The molecule has 6 rings (SSSR count). The number of thiazole rings is 1. The number of anilines is 2. The van der Waals surface area contributed by atoms with E-state index in [2.05, 4.69) is 22.4 Å². The maximum absolute atomic E-state index is 13.1. The average molecular weight is 498 g/mol. The van der Waals surface area contributed by atoms with Crippen LogP contribution in [-0.2, 0) is 14.8 Å². The van der Waals surface area contributed by atoms with E-state index < -0.39 is 15.9 Å². The number of nitrogens with zero attached hydrogens (tertiary/aromatic N) is 2. The molecule has 1 aliphatic rings. The van der Waals surface area contributed by atoms with Crippen LogP contribution in [0.1, 0.15) is 0 Å². The first kappa shape index (κ1) is 21.5. The van der Waals surface area contributed by atoms with Crippen LogP contribution >= 0.6 is 11.3 Å². The maximum Gasteiger partial charge on any atom is 0.265 e. The highest BCUT2D eigenvalue weighted by Crippen LogP contribution is 2.41. The highest BCUT2D eigenvalue weighted by Gasteiger charge is 2.36. The van der Waals surface area contributed by atoms with Crippen LogP contribution in [0, 0.1) is 0 Å². The number of hydrogen-bond acceptors (Lipinski definition) is 5. The van der Waals surface area contributed by atoms with Crippen molar-refractivity contribution >= 4 is 48.9 Å². The lowest BCUT2D eigenvalue weighted by atomic mass is 10.0. The molecule has 0 bridgehead atoms. The number of benzene rings is 4. The molecule has 1 aromatic heterocycles. The lowest BCUT2D eigenvalue weighted by Crippen LogP contribution is -2.35. The number of rotatable bonds is 5. The van der Waals surface area contributed by atoms with Gasteiger partial charge in [0.1, 0.15) is 6.54 Å². The largest absolute Gasteiger partial charge is 0.300 e. The Hall–Kier alpha value is -4.01. The number of hydrogen-bond donors (Lipinski definition) is 1. The Bertz CT molecular complexity index is 1670. The third kappa shape index (κ3) is 3.77. The molecule has 0 radical (unpaired) electrons. The SMILES string of the molecule is O=C(CN1c2cccc3cccc(c23)S1(=O)=O)Nc1nc(-c2ccc(-c3ccccc3)cc2)cs1. The molecule has 0 aliphatic carbocycles. The third-order valence-electron chi connectivity index (χ3n) is 6.01. The van der Waals surface area contributed by atoms with Gasteiger partial charge < -0.3 is 5.32 Å². The van der Waals surface area contributed by atoms with E-state index >= 15 is 0 Å². The van der Waals surface area contributed by atoms with Crippen molar-refractivity contribution in [1.82, 2.24) is 4.98 Å². The van der Waals surface area contributed by atoms with Gasteiger partial charge in [0.15, 0.2) is 5.13 Å². The van der Waals surface area contributed by atoms with Gasteiger partial charge in [0.25, 0.3) is 10.0 Å². The van der Waals surface area contributed by atoms with Gasteiger partial charge in [0.05, 0.1) is 16.3 Å². The molecule has 4 aromatic carbocycles. The highest BCUT2D eigenvalue weighted by molar-refractivity contribution is 7.93. The molecule has 0 unspecified atom stereocenters. The van der Waals surface area contributed by atoms with E-state index in [9.17, 15) is 13.2 Å². The topological polar surface area (TPSA) is 79.4 Å². The Kier molecular flexibility index (Phi) is 5.12. The Labute approximate surface area is 206 Å². The fourth-order valence-electron chi connectivity index (χ4n) is 4.35. The first-order valence-electron chi connectivity index (χ1n) is 11.0. The number of carbonyl (C=O) groups is 1. The van der Waals surface area contributed by atoms with Crippen molar-refractivity contribution in [2.45, 2.75) is 4.90 Å². The Morgan fingerprint density at radius 2 is 1.51 bits per heavy atom. The fraction of sp³-hybridized carbons (Fsp3) is 0.0370.